The lowest BCUT2D eigenvalue weighted by Gasteiger charge is -2.05. The molecule has 1 aromatic carbocycles. The van der Waals surface area contributed by atoms with E-state index in [-0.39, 0.29) is 11.0 Å². The smallest absolute Gasteiger partial charge is 0.321 e. The van der Waals surface area contributed by atoms with Crippen LogP contribution in [0.15, 0.2) is 29.4 Å². The molecule has 0 aliphatic heterocycles. The van der Waals surface area contributed by atoms with Gasteiger partial charge in [0.2, 0.25) is 0 Å². The molecule has 0 aliphatic carbocycles. The molecule has 0 heterocycles. The molecule has 1 rings (SSSR count). The number of nitrogens with zero attached hydrogens (tertiary/aromatic N) is 3. The van der Waals surface area contributed by atoms with Gasteiger partial charge in [0.25, 0.3) is 0 Å². The normalized spacial score (nSPS) is 10.6. The highest BCUT2D eigenvalue weighted by molar-refractivity contribution is 7.60. The first-order chi connectivity index (χ1) is 6.05. The van der Waals surface area contributed by atoms with Crippen molar-refractivity contribution in [3.8, 4) is 0 Å². The molecule has 2 N–H and O–H groups in total. The third-order valence-electron chi connectivity index (χ3n) is 1.35. The van der Waals surface area contributed by atoms with Crippen molar-refractivity contribution >= 4 is 18.6 Å². The largest absolute Gasteiger partial charge is 0.356 e. The Labute approximate surface area is 73.6 Å². The quantitative estimate of drug-likeness (QED) is 0.325. The number of azide groups is 1. The minimum absolute atomic E-state index is 0.0432. The molecule has 0 unspecified atom stereocenters. The molecule has 0 saturated heterocycles. The summed E-state index contributed by atoms with van der Waals surface area (Å²) in [6.45, 7) is 0. The minimum atomic E-state index is -4.35. The van der Waals surface area contributed by atoms with Crippen molar-refractivity contribution in [1.29, 1.82) is 0 Å². The van der Waals surface area contributed by atoms with Crippen LogP contribution in [0, 0.1) is 0 Å². The Bertz CT molecular complexity index is 407. The SMILES string of the molecule is [N-]=[N+]=Nc1ccccc1P(=O)(O)O. The molecule has 0 spiro atoms. The molecular formula is C6H6N3O3P. The van der Waals surface area contributed by atoms with Gasteiger partial charge in [0, 0.05) is 4.91 Å². The van der Waals surface area contributed by atoms with Crippen molar-refractivity contribution < 1.29 is 14.4 Å². The van der Waals surface area contributed by atoms with Crippen LogP contribution >= 0.6 is 7.60 Å². The van der Waals surface area contributed by atoms with Crippen LogP contribution < -0.4 is 5.30 Å². The van der Waals surface area contributed by atoms with Gasteiger partial charge in [-0.15, -0.1) is 0 Å². The highest BCUT2D eigenvalue weighted by Crippen LogP contribution is 2.37. The van der Waals surface area contributed by atoms with Gasteiger partial charge in [-0.3, -0.25) is 4.57 Å². The maximum absolute atomic E-state index is 10.8. The van der Waals surface area contributed by atoms with Crippen LogP contribution in [-0.2, 0) is 4.57 Å². The molecule has 0 saturated carbocycles. The van der Waals surface area contributed by atoms with Crippen LogP contribution in [-0.4, -0.2) is 9.79 Å². The fourth-order valence-electron chi connectivity index (χ4n) is 0.843. The number of hydrogen-bond acceptors (Lipinski definition) is 2. The summed E-state index contributed by atoms with van der Waals surface area (Å²) in [7, 11) is -4.35. The first-order valence-corrected chi connectivity index (χ1v) is 4.87. The maximum Gasteiger partial charge on any atom is 0.356 e. The number of benzene rings is 1. The van der Waals surface area contributed by atoms with Crippen LogP contribution in [0.1, 0.15) is 0 Å². The first kappa shape index (κ1) is 9.77. The second-order valence-electron chi connectivity index (χ2n) is 2.22. The zero-order chi connectivity index (χ0) is 9.90. The Kier molecular flexibility index (Phi) is 2.70. The lowest BCUT2D eigenvalue weighted by atomic mass is 10.3. The molecule has 0 bridgehead atoms. The van der Waals surface area contributed by atoms with Crippen LogP contribution in [0.3, 0.4) is 0 Å². The van der Waals surface area contributed by atoms with Crippen LogP contribution in [0.4, 0.5) is 5.69 Å². The summed E-state index contributed by atoms with van der Waals surface area (Å²) in [5.41, 5.74) is 8.07. The van der Waals surface area contributed by atoms with E-state index in [1.165, 1.54) is 24.3 Å². The van der Waals surface area contributed by atoms with Crippen LogP contribution in [0.2, 0.25) is 0 Å². The van der Waals surface area contributed by atoms with Crippen molar-refractivity contribution in [2.24, 2.45) is 5.11 Å². The van der Waals surface area contributed by atoms with Crippen LogP contribution in [0.5, 0.6) is 0 Å². The van der Waals surface area contributed by atoms with Crippen LogP contribution in [0.25, 0.3) is 10.4 Å². The number of hydrogen-bond donors (Lipinski definition) is 2. The topological polar surface area (TPSA) is 106 Å². The number of rotatable bonds is 2. The summed E-state index contributed by atoms with van der Waals surface area (Å²) in [4.78, 5) is 20.1. The van der Waals surface area contributed by atoms with Gasteiger partial charge in [-0.2, -0.15) is 0 Å². The van der Waals surface area contributed by atoms with Crippen molar-refractivity contribution in [3.63, 3.8) is 0 Å². The standard InChI is InChI=1S/C6H6N3O3P/c7-9-8-5-3-1-2-4-6(5)13(10,11)12/h1-4H,(H2,10,11,12). The Morgan fingerprint density at radius 3 is 2.54 bits per heavy atom. The van der Waals surface area contributed by atoms with Gasteiger partial charge in [-0.1, -0.05) is 23.3 Å². The molecule has 0 atom stereocenters. The summed E-state index contributed by atoms with van der Waals surface area (Å²) in [5.74, 6) is 0. The summed E-state index contributed by atoms with van der Waals surface area (Å²) < 4.78 is 10.8. The van der Waals surface area contributed by atoms with E-state index in [1.54, 1.807) is 0 Å². The summed E-state index contributed by atoms with van der Waals surface area (Å²) in [5, 5.41) is 2.90. The van der Waals surface area contributed by atoms with E-state index >= 15 is 0 Å². The molecular weight excluding hydrogens is 193 g/mol. The lowest BCUT2D eigenvalue weighted by molar-refractivity contribution is 0.387. The minimum Gasteiger partial charge on any atom is -0.321 e. The summed E-state index contributed by atoms with van der Waals surface area (Å²) in [6, 6.07) is 5.56. The van der Waals surface area contributed by atoms with Crippen molar-refractivity contribution in [1.82, 2.24) is 0 Å². The predicted molar refractivity (Wildman–Crippen MR) is 46.9 cm³/mol. The zero-order valence-electron chi connectivity index (χ0n) is 6.40. The molecule has 6 nitrogen and oxygen atoms in total. The van der Waals surface area contributed by atoms with Gasteiger partial charge in [-0.25, -0.2) is 0 Å². The van der Waals surface area contributed by atoms with E-state index in [0.717, 1.165) is 0 Å². The van der Waals surface area contributed by atoms with Gasteiger partial charge < -0.3 is 9.79 Å². The zero-order valence-corrected chi connectivity index (χ0v) is 7.30. The molecule has 0 aromatic heterocycles. The molecule has 1 aromatic rings. The van der Waals surface area contributed by atoms with E-state index in [0.29, 0.717) is 0 Å². The van der Waals surface area contributed by atoms with E-state index in [9.17, 15) is 4.57 Å². The molecule has 7 heteroatoms. The van der Waals surface area contributed by atoms with E-state index in [4.69, 9.17) is 15.3 Å². The third-order valence-corrected chi connectivity index (χ3v) is 2.35. The second-order valence-corrected chi connectivity index (χ2v) is 3.79. The van der Waals surface area contributed by atoms with Gasteiger partial charge in [0.15, 0.2) is 0 Å². The molecule has 0 fully saturated rings. The Hall–Kier alpha value is -1.32. The first-order valence-electron chi connectivity index (χ1n) is 3.26. The van der Waals surface area contributed by atoms with Crippen molar-refractivity contribution in [3.05, 3.63) is 34.7 Å². The molecule has 0 aliphatic rings. The molecule has 0 radical (unpaired) electrons. The van der Waals surface area contributed by atoms with Gasteiger partial charge in [0.1, 0.15) is 0 Å². The highest BCUT2D eigenvalue weighted by atomic mass is 31.2. The Balaban J connectivity index is 3.36. The summed E-state index contributed by atoms with van der Waals surface area (Å²) in [6.07, 6.45) is 0. The average Bonchev–Trinajstić information content (AvgIpc) is 2.04. The van der Waals surface area contributed by atoms with E-state index < -0.39 is 7.60 Å². The second kappa shape index (κ2) is 3.60. The highest BCUT2D eigenvalue weighted by Gasteiger charge is 2.19. The van der Waals surface area contributed by atoms with Crippen molar-refractivity contribution in [2.45, 2.75) is 0 Å². The third kappa shape index (κ3) is 2.31. The Morgan fingerprint density at radius 1 is 1.38 bits per heavy atom. The van der Waals surface area contributed by atoms with Gasteiger partial charge in [0.05, 0.1) is 11.0 Å². The summed E-state index contributed by atoms with van der Waals surface area (Å²) >= 11 is 0. The van der Waals surface area contributed by atoms with Crippen molar-refractivity contribution in [2.75, 3.05) is 0 Å². The van der Waals surface area contributed by atoms with E-state index in [2.05, 4.69) is 10.0 Å². The predicted octanol–water partition coefficient (Wildman–Crippen LogP) is 1.43. The average molecular weight is 199 g/mol. The lowest BCUT2D eigenvalue weighted by Crippen LogP contribution is -2.03. The Morgan fingerprint density at radius 2 is 2.00 bits per heavy atom. The molecule has 13 heavy (non-hydrogen) atoms. The maximum atomic E-state index is 10.8. The van der Waals surface area contributed by atoms with E-state index in [1.807, 2.05) is 0 Å². The molecule has 0 amide bonds. The fraction of sp³-hybridized carbons (Fsp3) is 0. The fourth-order valence-corrected chi connectivity index (χ4v) is 1.54. The monoisotopic (exact) mass is 199 g/mol. The molecule has 68 valence electrons. The van der Waals surface area contributed by atoms with Gasteiger partial charge in [-0.05, 0) is 11.6 Å². The van der Waals surface area contributed by atoms with Gasteiger partial charge >= 0.3 is 7.60 Å².